The lowest BCUT2D eigenvalue weighted by Crippen LogP contribution is -2.36. The Bertz CT molecular complexity index is 510. The number of benzene rings is 1. The molecular formula is C14H18F2N2O2S. The number of carbonyl (C=O) groups excluding carboxylic acids is 2. The minimum absolute atomic E-state index is 0.0691. The third-order valence-corrected chi connectivity index (χ3v) is 3.53. The summed E-state index contributed by atoms with van der Waals surface area (Å²) < 4.78 is 25.7. The van der Waals surface area contributed by atoms with Gasteiger partial charge in [0.25, 0.3) is 0 Å². The molecule has 0 saturated heterocycles. The molecule has 0 bridgehead atoms. The highest BCUT2D eigenvalue weighted by Gasteiger charge is 2.07. The molecule has 116 valence electrons. The van der Waals surface area contributed by atoms with Gasteiger partial charge in [0.1, 0.15) is 0 Å². The average molecular weight is 316 g/mol. The van der Waals surface area contributed by atoms with Gasteiger partial charge in [-0.3, -0.25) is 9.59 Å². The molecule has 0 aliphatic rings. The van der Waals surface area contributed by atoms with Gasteiger partial charge in [-0.2, -0.15) is 0 Å². The van der Waals surface area contributed by atoms with E-state index in [-0.39, 0.29) is 23.5 Å². The van der Waals surface area contributed by atoms with E-state index in [1.165, 1.54) is 6.07 Å². The lowest BCUT2D eigenvalue weighted by molar-refractivity contribution is -0.124. The van der Waals surface area contributed by atoms with Crippen molar-refractivity contribution in [1.29, 1.82) is 0 Å². The van der Waals surface area contributed by atoms with Gasteiger partial charge in [-0.25, -0.2) is 8.78 Å². The van der Waals surface area contributed by atoms with E-state index < -0.39 is 11.6 Å². The van der Waals surface area contributed by atoms with Gasteiger partial charge in [0.05, 0.1) is 5.75 Å². The minimum atomic E-state index is -0.934. The molecule has 1 aromatic carbocycles. The normalized spacial score (nSPS) is 10.5. The molecule has 0 spiro atoms. The summed E-state index contributed by atoms with van der Waals surface area (Å²) in [6.07, 6.45) is 0. The van der Waals surface area contributed by atoms with Crippen molar-refractivity contribution in [2.24, 2.45) is 5.92 Å². The number of halogens is 2. The van der Waals surface area contributed by atoms with E-state index in [1.54, 1.807) is 13.8 Å². The van der Waals surface area contributed by atoms with Crippen LogP contribution in [0.5, 0.6) is 0 Å². The van der Waals surface area contributed by atoms with Crippen LogP contribution in [0.1, 0.15) is 13.8 Å². The molecule has 0 aliphatic heterocycles. The first kappa shape index (κ1) is 17.4. The summed E-state index contributed by atoms with van der Waals surface area (Å²) in [6.45, 7) is 4.26. The van der Waals surface area contributed by atoms with Gasteiger partial charge in [-0.05, 0) is 18.2 Å². The van der Waals surface area contributed by atoms with E-state index in [0.29, 0.717) is 18.0 Å². The molecule has 1 rings (SSSR count). The third kappa shape index (κ3) is 6.57. The van der Waals surface area contributed by atoms with Crippen molar-refractivity contribution in [3.8, 4) is 0 Å². The zero-order valence-electron chi connectivity index (χ0n) is 11.9. The van der Waals surface area contributed by atoms with E-state index >= 15 is 0 Å². The quantitative estimate of drug-likeness (QED) is 0.597. The summed E-state index contributed by atoms with van der Waals surface area (Å²) in [6, 6.07) is 3.49. The fraction of sp³-hybridized carbons (Fsp3) is 0.429. The standard InChI is InChI=1S/C14H18F2N2O2S/c1-9(2)14(20)18-6-5-17-13(19)8-21-10-3-4-11(15)12(16)7-10/h3-4,7,9H,5-6,8H2,1-2H3,(H,17,19)(H,18,20). The third-order valence-electron chi connectivity index (χ3n) is 2.53. The first-order valence-electron chi connectivity index (χ1n) is 6.52. The van der Waals surface area contributed by atoms with Crippen molar-refractivity contribution in [3.63, 3.8) is 0 Å². The first-order valence-corrected chi connectivity index (χ1v) is 7.51. The predicted octanol–water partition coefficient (Wildman–Crippen LogP) is 1.95. The summed E-state index contributed by atoms with van der Waals surface area (Å²) in [4.78, 5) is 23.3. The monoisotopic (exact) mass is 316 g/mol. The molecule has 0 radical (unpaired) electrons. The van der Waals surface area contributed by atoms with Gasteiger partial charge in [0, 0.05) is 23.9 Å². The molecule has 2 N–H and O–H groups in total. The van der Waals surface area contributed by atoms with Crippen LogP contribution in [0.4, 0.5) is 8.78 Å². The number of rotatable bonds is 7. The fourth-order valence-corrected chi connectivity index (χ4v) is 2.11. The molecule has 7 heteroatoms. The first-order chi connectivity index (χ1) is 9.90. The summed E-state index contributed by atoms with van der Waals surface area (Å²) in [5.74, 6) is -2.14. The van der Waals surface area contributed by atoms with Crippen molar-refractivity contribution in [3.05, 3.63) is 29.8 Å². The Morgan fingerprint density at radius 2 is 1.81 bits per heavy atom. The predicted molar refractivity (Wildman–Crippen MR) is 77.9 cm³/mol. The molecule has 0 heterocycles. The van der Waals surface area contributed by atoms with Crippen molar-refractivity contribution < 1.29 is 18.4 Å². The average Bonchev–Trinajstić information content (AvgIpc) is 2.44. The Hall–Kier alpha value is -1.63. The Kier molecular flexibility index (Phi) is 7.14. The van der Waals surface area contributed by atoms with E-state index in [4.69, 9.17) is 0 Å². The van der Waals surface area contributed by atoms with Crippen molar-refractivity contribution in [1.82, 2.24) is 10.6 Å². The summed E-state index contributed by atoms with van der Waals surface area (Å²) in [7, 11) is 0. The topological polar surface area (TPSA) is 58.2 Å². The molecular weight excluding hydrogens is 298 g/mol. The summed E-state index contributed by atoms with van der Waals surface area (Å²) in [5.41, 5.74) is 0. The maximum absolute atomic E-state index is 13.0. The fourth-order valence-electron chi connectivity index (χ4n) is 1.36. The number of amides is 2. The highest BCUT2D eigenvalue weighted by molar-refractivity contribution is 8.00. The van der Waals surface area contributed by atoms with Crippen LogP contribution in [0.15, 0.2) is 23.1 Å². The Morgan fingerprint density at radius 3 is 2.43 bits per heavy atom. The number of hydrogen-bond acceptors (Lipinski definition) is 3. The molecule has 0 unspecified atom stereocenters. The number of carbonyl (C=O) groups is 2. The largest absolute Gasteiger partial charge is 0.354 e. The molecule has 1 aromatic rings. The molecule has 0 aromatic heterocycles. The lowest BCUT2D eigenvalue weighted by Gasteiger charge is -2.08. The van der Waals surface area contributed by atoms with E-state index in [1.807, 2.05) is 0 Å². The van der Waals surface area contributed by atoms with Gasteiger partial charge in [-0.1, -0.05) is 13.8 Å². The molecule has 0 saturated carbocycles. The van der Waals surface area contributed by atoms with Crippen LogP contribution < -0.4 is 10.6 Å². The van der Waals surface area contributed by atoms with Crippen LogP contribution in [0.2, 0.25) is 0 Å². The number of hydrogen-bond donors (Lipinski definition) is 2. The molecule has 21 heavy (non-hydrogen) atoms. The molecule has 2 amide bonds. The van der Waals surface area contributed by atoms with Gasteiger partial charge in [0.15, 0.2) is 11.6 Å². The van der Waals surface area contributed by atoms with E-state index in [2.05, 4.69) is 10.6 Å². The van der Waals surface area contributed by atoms with Crippen LogP contribution >= 0.6 is 11.8 Å². The van der Waals surface area contributed by atoms with Crippen LogP contribution in [0.25, 0.3) is 0 Å². The van der Waals surface area contributed by atoms with E-state index in [0.717, 1.165) is 23.9 Å². The Balaban J connectivity index is 2.22. The Labute approximate surface area is 126 Å². The molecule has 0 aliphatic carbocycles. The molecule has 4 nitrogen and oxygen atoms in total. The van der Waals surface area contributed by atoms with Crippen LogP contribution in [0, 0.1) is 17.6 Å². The zero-order valence-corrected chi connectivity index (χ0v) is 12.7. The van der Waals surface area contributed by atoms with Gasteiger partial charge < -0.3 is 10.6 Å². The maximum Gasteiger partial charge on any atom is 0.230 e. The van der Waals surface area contributed by atoms with Crippen molar-refractivity contribution in [2.75, 3.05) is 18.8 Å². The second kappa shape index (κ2) is 8.61. The number of thioether (sulfide) groups is 1. The Morgan fingerprint density at radius 1 is 1.14 bits per heavy atom. The van der Waals surface area contributed by atoms with Gasteiger partial charge in [-0.15, -0.1) is 11.8 Å². The van der Waals surface area contributed by atoms with Crippen molar-refractivity contribution in [2.45, 2.75) is 18.7 Å². The molecule has 0 fully saturated rings. The zero-order chi connectivity index (χ0) is 15.8. The number of nitrogens with one attached hydrogen (secondary N) is 2. The summed E-state index contributed by atoms with van der Waals surface area (Å²) in [5, 5.41) is 5.30. The van der Waals surface area contributed by atoms with E-state index in [9.17, 15) is 18.4 Å². The lowest BCUT2D eigenvalue weighted by atomic mass is 10.2. The van der Waals surface area contributed by atoms with Crippen LogP contribution in [0.3, 0.4) is 0 Å². The second-order valence-electron chi connectivity index (χ2n) is 4.66. The summed E-state index contributed by atoms with van der Waals surface area (Å²) >= 11 is 1.11. The second-order valence-corrected chi connectivity index (χ2v) is 5.71. The van der Waals surface area contributed by atoms with Gasteiger partial charge >= 0.3 is 0 Å². The highest BCUT2D eigenvalue weighted by Crippen LogP contribution is 2.19. The minimum Gasteiger partial charge on any atom is -0.354 e. The van der Waals surface area contributed by atoms with Gasteiger partial charge in [0.2, 0.25) is 11.8 Å². The SMILES string of the molecule is CC(C)C(=O)NCCNC(=O)CSc1ccc(F)c(F)c1. The van der Waals surface area contributed by atoms with Crippen LogP contribution in [-0.4, -0.2) is 30.7 Å². The smallest absolute Gasteiger partial charge is 0.230 e. The van der Waals surface area contributed by atoms with Crippen molar-refractivity contribution >= 4 is 23.6 Å². The van der Waals surface area contributed by atoms with Crippen LogP contribution in [-0.2, 0) is 9.59 Å². The highest BCUT2D eigenvalue weighted by atomic mass is 32.2. The maximum atomic E-state index is 13.0. The molecule has 0 atom stereocenters.